The van der Waals surface area contributed by atoms with Gasteiger partial charge >= 0.3 is 0 Å². The van der Waals surface area contributed by atoms with Crippen molar-refractivity contribution in [2.45, 2.75) is 92.0 Å². The molecule has 0 fully saturated rings. The summed E-state index contributed by atoms with van der Waals surface area (Å²) in [7, 11) is 0. The quantitative estimate of drug-likeness (QED) is 0.0276. The Morgan fingerprint density at radius 1 is 0.175 bits per heavy atom. The highest BCUT2D eigenvalue weighted by Gasteiger charge is 2.26. The Morgan fingerprint density at radius 3 is 0.427 bits per heavy atom. The second-order valence-corrected chi connectivity index (χ2v) is 22.6. The summed E-state index contributed by atoms with van der Waals surface area (Å²) in [5, 5.41) is 21.5. The van der Waals surface area contributed by atoms with Crippen LogP contribution in [0, 0.1) is 0 Å². The monoisotopic (exact) mass is 1490 g/mol. The lowest BCUT2D eigenvalue weighted by atomic mass is 10.3. The molecule has 0 aromatic carbocycles. The molecule has 0 radical (unpaired) electrons. The lowest BCUT2D eigenvalue weighted by molar-refractivity contribution is -0.179. The predicted molar refractivity (Wildman–Crippen MR) is 370 cm³/mol. The molecule has 604 valence electrons. The maximum atomic E-state index is 11.4. The van der Waals surface area contributed by atoms with Gasteiger partial charge in [0.15, 0.2) is 0 Å². The molecule has 8 amide bonds. The molecule has 0 spiro atoms. The predicted octanol–water partition coefficient (Wildman–Crippen LogP) is -3.36. The molecule has 0 unspecified atom stereocenters. The first-order valence-electron chi connectivity index (χ1n) is 35.2. The van der Waals surface area contributed by atoms with Crippen LogP contribution in [-0.4, -0.2) is 374 Å². The van der Waals surface area contributed by atoms with Gasteiger partial charge in [-0.2, -0.15) is 0 Å². The number of ether oxygens (including phenoxy) is 21. The van der Waals surface area contributed by atoms with E-state index in [1.807, 2.05) is 0 Å². The first kappa shape index (κ1) is 97.9. The van der Waals surface area contributed by atoms with Gasteiger partial charge in [-0.25, -0.2) is 0 Å². The average molecular weight is 1500 g/mol. The number of hydrogen-bond donors (Lipinski definition) is 8. The molecule has 0 aromatic rings. The van der Waals surface area contributed by atoms with Crippen molar-refractivity contribution in [3.8, 4) is 0 Å². The minimum Gasteiger partial charge on any atom is -0.377 e. The Morgan fingerprint density at radius 2 is 0.301 bits per heavy atom. The zero-order valence-electron chi connectivity index (χ0n) is 62.4. The minimum absolute atomic E-state index is 0.0382. The average Bonchev–Trinajstić information content (AvgIpc) is 0.926. The van der Waals surface area contributed by atoms with Gasteiger partial charge in [0.1, 0.15) is 36.6 Å². The van der Waals surface area contributed by atoms with Gasteiger partial charge < -0.3 is 142 Å². The Bertz CT molecular complexity index is 1680. The molecule has 0 rings (SSSR count). The van der Waals surface area contributed by atoms with Gasteiger partial charge in [0, 0.05) is 108 Å². The highest BCUT2D eigenvalue weighted by molar-refractivity contribution is 5.74. The lowest BCUT2D eigenvalue weighted by Gasteiger charge is -2.30. The molecule has 0 aliphatic carbocycles. The molecule has 0 saturated heterocycles. The summed E-state index contributed by atoms with van der Waals surface area (Å²) in [4.78, 5) is 91.3. The fourth-order valence-electron chi connectivity index (χ4n) is 7.95. The third-order valence-electron chi connectivity index (χ3n) is 12.8. The highest BCUT2D eigenvalue weighted by atomic mass is 16.6. The third-order valence-corrected chi connectivity index (χ3v) is 12.8. The van der Waals surface area contributed by atoms with Crippen LogP contribution < -0.4 is 42.5 Å². The molecule has 0 aliphatic rings. The second kappa shape index (κ2) is 73.8. The standard InChI is InChI=1S/C66H126N8O29/c1-53(75)67-9-17-83-25-33-91-41-61(42-92-34-26-84-18-10-68-54(2)76)99-49-65(50-100-62(43-93-35-27-85-19-11-69-55(3)77)44-94-36-28-86-20-12-70-56(4)78)103-66(51-101-63(45-95-37-29-87-21-13-71-57(5)79)46-96-38-30-88-22-14-72-58(6)80)52-102-64(47-97-39-31-89-23-15-73-59(7)81)48-98-40-32-90-24-16-74-60(8)82/h61-66H,9-52H2,1-8H3,(H,67,75)(H,68,76)(H,69,77)(H,70,78)(H,71,79)(H,72,80)(H,73,81)(H,74,82). The second-order valence-electron chi connectivity index (χ2n) is 22.6. The Hall–Kier alpha value is -5.08. The maximum Gasteiger partial charge on any atom is 0.216 e. The van der Waals surface area contributed by atoms with Gasteiger partial charge in [-0.3, -0.25) is 38.4 Å². The van der Waals surface area contributed by atoms with E-state index in [2.05, 4.69) is 42.5 Å². The largest absolute Gasteiger partial charge is 0.377 e. The number of carbonyl (C=O) groups excluding carboxylic acids is 8. The van der Waals surface area contributed by atoms with Crippen molar-refractivity contribution in [3.63, 3.8) is 0 Å². The number of amides is 8. The fraction of sp³-hybridized carbons (Fsp3) is 0.879. The smallest absolute Gasteiger partial charge is 0.216 e. The van der Waals surface area contributed by atoms with E-state index in [9.17, 15) is 38.4 Å². The Kier molecular flexibility index (Phi) is 70.2. The molecule has 0 atom stereocenters. The molecule has 37 nitrogen and oxygen atoms in total. The summed E-state index contributed by atoms with van der Waals surface area (Å²) in [5.74, 6) is -1.44. The lowest BCUT2D eigenvalue weighted by Crippen LogP contribution is -2.42. The summed E-state index contributed by atoms with van der Waals surface area (Å²) < 4.78 is 127. The molecule has 0 heterocycles. The van der Waals surface area contributed by atoms with Crippen LogP contribution >= 0.6 is 0 Å². The van der Waals surface area contributed by atoms with Crippen molar-refractivity contribution in [2.24, 2.45) is 0 Å². The van der Waals surface area contributed by atoms with E-state index in [-0.39, 0.29) is 285 Å². The van der Waals surface area contributed by atoms with Gasteiger partial charge in [-0.05, 0) is 0 Å². The maximum absolute atomic E-state index is 11.4. The summed E-state index contributed by atoms with van der Waals surface area (Å²) >= 11 is 0. The molecule has 0 aliphatic heterocycles. The molecule has 8 N–H and O–H groups in total. The summed E-state index contributed by atoms with van der Waals surface area (Å²) in [5.41, 5.74) is 0. The molecular weight excluding hydrogens is 1370 g/mol. The van der Waals surface area contributed by atoms with E-state index < -0.39 is 36.6 Å². The van der Waals surface area contributed by atoms with Crippen molar-refractivity contribution < 1.29 is 138 Å². The highest BCUT2D eigenvalue weighted by Crippen LogP contribution is 2.12. The van der Waals surface area contributed by atoms with Crippen LogP contribution in [-0.2, 0) is 138 Å². The van der Waals surface area contributed by atoms with Crippen LogP contribution in [0.4, 0.5) is 0 Å². The number of nitrogens with one attached hydrogen (secondary N) is 8. The van der Waals surface area contributed by atoms with Crippen molar-refractivity contribution in [1.82, 2.24) is 42.5 Å². The first-order valence-corrected chi connectivity index (χ1v) is 35.2. The van der Waals surface area contributed by atoms with E-state index in [1.54, 1.807) is 0 Å². The van der Waals surface area contributed by atoms with Gasteiger partial charge in [0.2, 0.25) is 47.3 Å². The van der Waals surface area contributed by atoms with Crippen LogP contribution in [0.15, 0.2) is 0 Å². The summed E-state index contributed by atoms with van der Waals surface area (Å²) in [6, 6.07) is 0. The van der Waals surface area contributed by atoms with E-state index in [0.717, 1.165) is 0 Å². The molecule has 0 aromatic heterocycles. The normalized spacial score (nSPS) is 11.6. The van der Waals surface area contributed by atoms with Gasteiger partial charge in [-0.1, -0.05) is 0 Å². The van der Waals surface area contributed by atoms with Gasteiger partial charge in [-0.15, -0.1) is 0 Å². The topological polar surface area (TPSA) is 427 Å². The van der Waals surface area contributed by atoms with Crippen LogP contribution in [0.2, 0.25) is 0 Å². The number of carbonyl (C=O) groups is 8. The Balaban J connectivity index is 7.49. The van der Waals surface area contributed by atoms with Crippen LogP contribution in [0.3, 0.4) is 0 Å². The number of rotatable bonds is 78. The number of hydrogen-bond acceptors (Lipinski definition) is 29. The van der Waals surface area contributed by atoms with Crippen molar-refractivity contribution >= 4 is 47.3 Å². The van der Waals surface area contributed by atoms with E-state index >= 15 is 0 Å². The zero-order chi connectivity index (χ0) is 75.7. The van der Waals surface area contributed by atoms with Gasteiger partial charge in [0.25, 0.3) is 0 Å². The Labute approximate surface area is 608 Å². The molecule has 0 bridgehead atoms. The van der Waals surface area contributed by atoms with Gasteiger partial charge in [0.05, 0.1) is 238 Å². The summed E-state index contributed by atoms with van der Waals surface area (Å²) in [6.45, 7) is 18.9. The molecule has 0 saturated carbocycles. The molecular formula is C66H126N8O29. The van der Waals surface area contributed by atoms with Crippen molar-refractivity contribution in [1.29, 1.82) is 0 Å². The summed E-state index contributed by atoms with van der Waals surface area (Å²) in [6.07, 6.45) is -4.68. The SMILES string of the molecule is CC(=O)NCCOCCOCC(COCCOCCNC(C)=O)OCC(COC(COCCOCCNC(C)=O)COCCOCCNC(C)=O)OC(COC(COCCOCCNC(C)=O)COCCOCCNC(C)=O)COC(COCCOCCNC(C)=O)COCCOCCNC(C)=O. The minimum atomic E-state index is -0.920. The fourth-order valence-corrected chi connectivity index (χ4v) is 7.95. The van der Waals surface area contributed by atoms with E-state index in [0.29, 0.717) is 52.4 Å². The zero-order valence-corrected chi connectivity index (χ0v) is 62.4. The van der Waals surface area contributed by atoms with Crippen LogP contribution in [0.25, 0.3) is 0 Å². The van der Waals surface area contributed by atoms with Crippen molar-refractivity contribution in [2.75, 3.05) is 290 Å². The first-order chi connectivity index (χ1) is 49.9. The van der Waals surface area contributed by atoms with Crippen LogP contribution in [0.5, 0.6) is 0 Å². The van der Waals surface area contributed by atoms with E-state index in [4.69, 9.17) is 99.5 Å². The van der Waals surface area contributed by atoms with Crippen LogP contribution in [0.1, 0.15) is 55.4 Å². The molecule has 103 heavy (non-hydrogen) atoms. The van der Waals surface area contributed by atoms with Crippen molar-refractivity contribution in [3.05, 3.63) is 0 Å². The molecule has 37 heteroatoms. The van der Waals surface area contributed by atoms with E-state index in [1.165, 1.54) is 55.4 Å². The third kappa shape index (κ3) is 76.4.